The maximum absolute atomic E-state index is 13.8. The predicted molar refractivity (Wildman–Crippen MR) is 116 cm³/mol. The first-order valence-electron chi connectivity index (χ1n) is 10.3. The second-order valence-corrected chi connectivity index (χ2v) is 9.77. The van der Waals surface area contributed by atoms with Crippen molar-refractivity contribution in [3.8, 4) is 0 Å². The zero-order chi connectivity index (χ0) is 22.1. The highest BCUT2D eigenvalue weighted by Gasteiger charge is 2.59. The highest BCUT2D eigenvalue weighted by atomic mass is 79.9. The number of hydrogen-bond acceptors (Lipinski definition) is 5. The Balaban J connectivity index is 1.96. The lowest BCUT2D eigenvalue weighted by Gasteiger charge is -2.40. The van der Waals surface area contributed by atoms with Crippen LogP contribution in [0.2, 0.25) is 0 Å². The maximum atomic E-state index is 13.8. The lowest BCUT2D eigenvalue weighted by Crippen LogP contribution is -2.58. The monoisotopic (exact) mass is 480 g/mol. The molecule has 164 valence electrons. The highest BCUT2D eigenvalue weighted by molar-refractivity contribution is 9.10. The van der Waals surface area contributed by atoms with Crippen LogP contribution in [-0.4, -0.2) is 53.7 Å². The van der Waals surface area contributed by atoms with E-state index in [0.29, 0.717) is 31.5 Å². The summed E-state index contributed by atoms with van der Waals surface area (Å²) in [6.07, 6.45) is 2.72. The van der Waals surface area contributed by atoms with Crippen LogP contribution in [-0.2, 0) is 19.1 Å². The van der Waals surface area contributed by atoms with Gasteiger partial charge in [-0.15, -0.1) is 0 Å². The normalized spacial score (nSPS) is 20.3. The molecule has 1 saturated heterocycles. The van der Waals surface area contributed by atoms with Gasteiger partial charge in [0.25, 0.3) is 5.91 Å². The summed E-state index contributed by atoms with van der Waals surface area (Å²) in [7, 11) is 1.33. The van der Waals surface area contributed by atoms with Gasteiger partial charge in [0.05, 0.1) is 7.11 Å². The third-order valence-electron chi connectivity index (χ3n) is 5.44. The van der Waals surface area contributed by atoms with Crippen LogP contribution < -0.4 is 4.90 Å². The van der Waals surface area contributed by atoms with Crippen LogP contribution >= 0.6 is 15.9 Å². The number of rotatable bonds is 4. The first-order chi connectivity index (χ1) is 14.1. The van der Waals surface area contributed by atoms with Crippen LogP contribution in [0.5, 0.6) is 0 Å². The molecular weight excluding hydrogens is 452 g/mol. The van der Waals surface area contributed by atoms with E-state index in [9.17, 15) is 14.4 Å². The average molecular weight is 481 g/mol. The van der Waals surface area contributed by atoms with Crippen LogP contribution in [0.4, 0.5) is 10.5 Å². The van der Waals surface area contributed by atoms with Gasteiger partial charge >= 0.3 is 12.1 Å². The van der Waals surface area contributed by atoms with Crippen molar-refractivity contribution in [3.63, 3.8) is 0 Å². The molecule has 1 heterocycles. The minimum atomic E-state index is -1.02. The summed E-state index contributed by atoms with van der Waals surface area (Å²) in [4.78, 5) is 42.3. The van der Waals surface area contributed by atoms with Crippen molar-refractivity contribution in [2.75, 3.05) is 18.6 Å². The molecule has 2 amide bonds. The summed E-state index contributed by atoms with van der Waals surface area (Å²) in [6, 6.07) is 6.57. The van der Waals surface area contributed by atoms with Crippen molar-refractivity contribution < 1.29 is 23.9 Å². The summed E-state index contributed by atoms with van der Waals surface area (Å²) in [5, 5.41) is 0. The summed E-state index contributed by atoms with van der Waals surface area (Å²) >= 11 is 3.41. The number of ether oxygens (including phenoxy) is 2. The van der Waals surface area contributed by atoms with Gasteiger partial charge in [-0.25, -0.2) is 9.59 Å². The zero-order valence-electron chi connectivity index (χ0n) is 17.9. The van der Waals surface area contributed by atoms with E-state index >= 15 is 0 Å². The van der Waals surface area contributed by atoms with E-state index in [0.717, 1.165) is 17.3 Å². The molecule has 30 heavy (non-hydrogen) atoms. The third kappa shape index (κ3) is 4.63. The average Bonchev–Trinajstić information content (AvgIpc) is 3.49. The van der Waals surface area contributed by atoms with Gasteiger partial charge in [-0.3, -0.25) is 14.6 Å². The molecule has 1 saturated carbocycles. The fourth-order valence-corrected chi connectivity index (χ4v) is 4.14. The Labute approximate surface area is 185 Å². The van der Waals surface area contributed by atoms with Crippen molar-refractivity contribution in [2.45, 2.75) is 70.1 Å². The van der Waals surface area contributed by atoms with E-state index in [1.165, 1.54) is 12.0 Å². The second kappa shape index (κ2) is 8.57. The summed E-state index contributed by atoms with van der Waals surface area (Å²) in [6.45, 7) is 5.85. The topological polar surface area (TPSA) is 76.2 Å². The van der Waals surface area contributed by atoms with Gasteiger partial charge in [0.1, 0.15) is 17.2 Å². The number of hydrogen-bond donors (Lipinski definition) is 0. The first-order valence-corrected chi connectivity index (χ1v) is 11.1. The number of nitrogens with zero attached hydrogens (tertiary/aromatic N) is 2. The third-order valence-corrected chi connectivity index (χ3v) is 5.97. The molecule has 2 aliphatic rings. The molecule has 3 rings (SSSR count). The van der Waals surface area contributed by atoms with Crippen LogP contribution in [0.15, 0.2) is 28.7 Å². The van der Waals surface area contributed by atoms with Gasteiger partial charge in [0, 0.05) is 16.7 Å². The van der Waals surface area contributed by atoms with E-state index in [1.807, 2.05) is 12.1 Å². The first kappa shape index (κ1) is 22.6. The minimum absolute atomic E-state index is 0.272. The predicted octanol–water partition coefficient (Wildman–Crippen LogP) is 4.28. The molecule has 0 spiro atoms. The van der Waals surface area contributed by atoms with Gasteiger partial charge in [0.2, 0.25) is 0 Å². The molecule has 8 heteroatoms. The van der Waals surface area contributed by atoms with Crippen molar-refractivity contribution in [3.05, 3.63) is 28.7 Å². The molecule has 7 nitrogen and oxygen atoms in total. The Hall–Kier alpha value is -2.09. The molecule has 1 aromatic carbocycles. The van der Waals surface area contributed by atoms with E-state index < -0.39 is 29.2 Å². The van der Waals surface area contributed by atoms with Crippen molar-refractivity contribution in [1.29, 1.82) is 0 Å². The Morgan fingerprint density at radius 3 is 2.30 bits per heavy atom. The largest absolute Gasteiger partial charge is 0.467 e. The lowest BCUT2D eigenvalue weighted by atomic mass is 9.99. The number of likely N-dealkylation sites (tertiary alicyclic amines) is 1. The number of anilines is 1. The number of amides is 2. The number of esters is 1. The van der Waals surface area contributed by atoms with Gasteiger partial charge < -0.3 is 9.47 Å². The van der Waals surface area contributed by atoms with E-state index in [-0.39, 0.29) is 5.91 Å². The van der Waals surface area contributed by atoms with Crippen molar-refractivity contribution in [2.24, 2.45) is 0 Å². The lowest BCUT2D eigenvalue weighted by molar-refractivity contribution is -0.145. The standard InChI is InChI=1S/C22H29BrN2O5/c1-21(2,3)30-20(28)24-14-6-5-7-17(24)18(26)25(16-10-8-15(23)9-11-16)22(12-13-22)19(27)29-4/h8-11,17H,5-7,12-14H2,1-4H3. The Kier molecular flexibility index (Phi) is 6.45. The van der Waals surface area contributed by atoms with Crippen LogP contribution in [0.3, 0.4) is 0 Å². The SMILES string of the molecule is COC(=O)C1(N(C(=O)C2CCCCN2C(=O)OC(C)(C)C)c2ccc(Br)cc2)CC1. The van der Waals surface area contributed by atoms with E-state index in [1.54, 1.807) is 37.8 Å². The minimum Gasteiger partial charge on any atom is -0.467 e. The molecule has 1 aromatic rings. The second-order valence-electron chi connectivity index (χ2n) is 8.86. The molecule has 1 aliphatic carbocycles. The number of carbonyl (C=O) groups excluding carboxylic acids is 3. The van der Waals surface area contributed by atoms with E-state index in [4.69, 9.17) is 9.47 Å². The molecule has 0 radical (unpaired) electrons. The number of methoxy groups -OCH3 is 1. The summed E-state index contributed by atoms with van der Waals surface area (Å²) < 4.78 is 11.5. The number of carbonyl (C=O) groups is 3. The van der Waals surface area contributed by atoms with Crippen molar-refractivity contribution >= 4 is 39.6 Å². The van der Waals surface area contributed by atoms with Crippen LogP contribution in [0, 0.1) is 0 Å². The quantitative estimate of drug-likeness (QED) is 0.601. The number of piperidine rings is 1. The molecular formula is C22H29BrN2O5. The molecule has 0 bridgehead atoms. The zero-order valence-corrected chi connectivity index (χ0v) is 19.5. The van der Waals surface area contributed by atoms with Crippen molar-refractivity contribution in [1.82, 2.24) is 4.90 Å². The Bertz CT molecular complexity index is 814. The van der Waals surface area contributed by atoms with Crippen LogP contribution in [0.1, 0.15) is 52.9 Å². The Morgan fingerprint density at radius 2 is 1.77 bits per heavy atom. The van der Waals surface area contributed by atoms with Gasteiger partial charge in [0.15, 0.2) is 0 Å². The fourth-order valence-electron chi connectivity index (χ4n) is 3.88. The number of halogens is 1. The molecule has 1 unspecified atom stereocenters. The van der Waals surface area contributed by atoms with Gasteiger partial charge in [-0.1, -0.05) is 15.9 Å². The molecule has 1 aliphatic heterocycles. The molecule has 0 aromatic heterocycles. The van der Waals surface area contributed by atoms with E-state index in [2.05, 4.69) is 15.9 Å². The van der Waals surface area contributed by atoms with Crippen LogP contribution in [0.25, 0.3) is 0 Å². The summed E-state index contributed by atoms with van der Waals surface area (Å²) in [5.74, 6) is -0.704. The van der Waals surface area contributed by atoms with Gasteiger partial charge in [-0.05, 0) is 77.1 Å². The van der Waals surface area contributed by atoms with Gasteiger partial charge in [-0.2, -0.15) is 0 Å². The molecule has 2 fully saturated rings. The highest BCUT2D eigenvalue weighted by Crippen LogP contribution is 2.46. The molecule has 1 atom stereocenters. The Morgan fingerprint density at radius 1 is 1.13 bits per heavy atom. The summed E-state index contributed by atoms with van der Waals surface area (Å²) in [5.41, 5.74) is -1.06. The smallest absolute Gasteiger partial charge is 0.410 e. The molecule has 0 N–H and O–H groups in total. The fraction of sp³-hybridized carbons (Fsp3) is 0.591. The number of benzene rings is 1. The maximum Gasteiger partial charge on any atom is 0.410 e.